The van der Waals surface area contributed by atoms with Crippen LogP contribution in [0.25, 0.3) is 0 Å². The third kappa shape index (κ3) is 8.91. The lowest BCUT2D eigenvalue weighted by Crippen LogP contribution is -2.03. The van der Waals surface area contributed by atoms with Gasteiger partial charge in [0, 0.05) is 0 Å². The lowest BCUT2D eigenvalue weighted by Gasteiger charge is -1.90. The molecule has 0 spiro atoms. The molecule has 40 valence electrons. The van der Waals surface area contributed by atoms with Crippen molar-refractivity contribution in [3.8, 4) is 0 Å². The van der Waals surface area contributed by atoms with Gasteiger partial charge < -0.3 is 10.2 Å². The summed E-state index contributed by atoms with van der Waals surface area (Å²) < 4.78 is 0. The van der Waals surface area contributed by atoms with Crippen molar-refractivity contribution in [2.24, 2.45) is 0 Å². The van der Waals surface area contributed by atoms with E-state index in [-0.39, 0.29) is 17.6 Å². The van der Waals surface area contributed by atoms with Crippen LogP contribution >= 0.6 is 0 Å². The standard InChI is InChI=1S/C3H8O2.H4Si/c1-3(5)2-4;/h3-5H,2H2,1H3;1H4. The maximum atomic E-state index is 8.11. The van der Waals surface area contributed by atoms with E-state index in [4.69, 9.17) is 10.2 Å². The van der Waals surface area contributed by atoms with Crippen LogP contribution in [-0.2, 0) is 0 Å². The van der Waals surface area contributed by atoms with E-state index in [0.717, 1.165) is 0 Å². The van der Waals surface area contributed by atoms with Crippen molar-refractivity contribution in [3.05, 3.63) is 0 Å². The summed E-state index contributed by atoms with van der Waals surface area (Å²) in [7, 11) is 0. The molecule has 2 nitrogen and oxygen atoms in total. The molecular formula is C3H12O2Si. The normalized spacial score (nSPS) is 12.5. The number of hydrogen-bond donors (Lipinski definition) is 2. The molecule has 1 atom stereocenters. The van der Waals surface area contributed by atoms with E-state index < -0.39 is 6.10 Å². The maximum Gasteiger partial charge on any atom is 0.0742 e. The van der Waals surface area contributed by atoms with Crippen LogP contribution in [0.3, 0.4) is 0 Å². The first kappa shape index (κ1) is 9.46. The molecule has 0 amide bonds. The second-order valence-electron chi connectivity index (χ2n) is 1.03. The second-order valence-corrected chi connectivity index (χ2v) is 1.03. The minimum absolute atomic E-state index is 0. The minimum atomic E-state index is -0.560. The lowest BCUT2D eigenvalue weighted by atomic mass is 10.5. The molecule has 0 aliphatic rings. The van der Waals surface area contributed by atoms with Gasteiger partial charge in [-0.3, -0.25) is 0 Å². The highest BCUT2D eigenvalue weighted by Gasteiger charge is 1.83. The first-order chi connectivity index (χ1) is 2.27. The third-order valence-corrected chi connectivity index (χ3v) is 0.264. The highest BCUT2D eigenvalue weighted by Crippen LogP contribution is 1.68. The maximum absolute atomic E-state index is 8.11. The van der Waals surface area contributed by atoms with Crippen LogP contribution in [0.5, 0.6) is 0 Å². The Morgan fingerprint density at radius 2 is 1.83 bits per heavy atom. The summed E-state index contributed by atoms with van der Waals surface area (Å²) in [6.07, 6.45) is -0.560. The van der Waals surface area contributed by atoms with Crippen LogP contribution in [0.1, 0.15) is 6.92 Å². The van der Waals surface area contributed by atoms with Crippen molar-refractivity contribution < 1.29 is 10.2 Å². The Hall–Kier alpha value is 0.137. The minimum Gasteiger partial charge on any atom is -0.394 e. The average Bonchev–Trinajstić information content (AvgIpc) is 1.38. The fourth-order valence-electron chi connectivity index (χ4n) is 0. The summed E-state index contributed by atoms with van der Waals surface area (Å²) in [6.45, 7) is 1.39. The molecule has 0 fully saturated rings. The van der Waals surface area contributed by atoms with Crippen LogP contribution in [0.2, 0.25) is 0 Å². The molecule has 3 heteroatoms. The van der Waals surface area contributed by atoms with Crippen LogP contribution in [0, 0.1) is 0 Å². The van der Waals surface area contributed by atoms with Gasteiger partial charge >= 0.3 is 0 Å². The predicted molar refractivity (Wildman–Crippen MR) is 30.1 cm³/mol. The molecule has 2 N–H and O–H groups in total. The summed E-state index contributed by atoms with van der Waals surface area (Å²) in [5, 5.41) is 16.0. The Kier molecular flexibility index (Phi) is 8.10. The topological polar surface area (TPSA) is 40.5 Å². The molecular weight excluding hydrogens is 96.1 g/mol. The van der Waals surface area contributed by atoms with E-state index in [2.05, 4.69) is 0 Å². The van der Waals surface area contributed by atoms with Crippen molar-refractivity contribution in [3.63, 3.8) is 0 Å². The van der Waals surface area contributed by atoms with Gasteiger partial charge in [-0.15, -0.1) is 0 Å². The Labute approximate surface area is 41.8 Å². The van der Waals surface area contributed by atoms with Gasteiger partial charge in [-0.25, -0.2) is 0 Å². The average molecular weight is 108 g/mol. The molecule has 0 aromatic rings. The summed E-state index contributed by atoms with van der Waals surface area (Å²) >= 11 is 0. The number of aliphatic hydroxyl groups excluding tert-OH is 2. The second kappa shape index (κ2) is 5.14. The van der Waals surface area contributed by atoms with Crippen molar-refractivity contribution in [2.75, 3.05) is 6.61 Å². The van der Waals surface area contributed by atoms with E-state index >= 15 is 0 Å². The Balaban J connectivity index is 0. The highest BCUT2D eigenvalue weighted by atomic mass is 28.1. The first-order valence-corrected chi connectivity index (χ1v) is 1.56. The zero-order chi connectivity index (χ0) is 4.28. The van der Waals surface area contributed by atoms with Crippen LogP contribution < -0.4 is 0 Å². The van der Waals surface area contributed by atoms with E-state index in [9.17, 15) is 0 Å². The largest absolute Gasteiger partial charge is 0.394 e. The molecule has 0 radical (unpaired) electrons. The van der Waals surface area contributed by atoms with Gasteiger partial charge in [0.2, 0.25) is 0 Å². The molecule has 0 bridgehead atoms. The molecule has 6 heavy (non-hydrogen) atoms. The van der Waals surface area contributed by atoms with Gasteiger partial charge in [-0.1, -0.05) is 0 Å². The zero-order valence-corrected chi connectivity index (χ0v) is 3.18. The quantitative estimate of drug-likeness (QED) is 0.378. The predicted octanol–water partition coefficient (Wildman–Crippen LogP) is -2.09. The number of rotatable bonds is 1. The molecule has 0 aliphatic carbocycles. The van der Waals surface area contributed by atoms with Crippen molar-refractivity contribution >= 4 is 11.0 Å². The van der Waals surface area contributed by atoms with Crippen LogP contribution in [0.4, 0.5) is 0 Å². The van der Waals surface area contributed by atoms with Gasteiger partial charge in [-0.2, -0.15) is 0 Å². The lowest BCUT2D eigenvalue weighted by molar-refractivity contribution is 0.110. The SMILES string of the molecule is CC(O)CO.[SiH4]. The number of aliphatic hydroxyl groups is 2. The summed E-state index contributed by atoms with van der Waals surface area (Å²) in [5.74, 6) is 0. The van der Waals surface area contributed by atoms with Gasteiger partial charge in [-0.05, 0) is 17.9 Å². The van der Waals surface area contributed by atoms with Crippen LogP contribution in [0.15, 0.2) is 0 Å². The summed E-state index contributed by atoms with van der Waals surface area (Å²) in [5.41, 5.74) is 0. The van der Waals surface area contributed by atoms with E-state index in [1.165, 1.54) is 6.92 Å². The molecule has 0 aromatic carbocycles. The Morgan fingerprint density at radius 1 is 1.67 bits per heavy atom. The third-order valence-electron chi connectivity index (χ3n) is 0.264. The molecule has 0 heterocycles. The van der Waals surface area contributed by atoms with Gasteiger partial charge in [0.25, 0.3) is 0 Å². The van der Waals surface area contributed by atoms with Gasteiger partial charge in [0.15, 0.2) is 0 Å². The van der Waals surface area contributed by atoms with E-state index in [1.54, 1.807) is 0 Å². The smallest absolute Gasteiger partial charge is 0.0742 e. The summed E-state index contributed by atoms with van der Waals surface area (Å²) in [4.78, 5) is 0. The van der Waals surface area contributed by atoms with E-state index in [1.807, 2.05) is 0 Å². The van der Waals surface area contributed by atoms with Crippen molar-refractivity contribution in [2.45, 2.75) is 13.0 Å². The van der Waals surface area contributed by atoms with Gasteiger partial charge in [0.05, 0.1) is 12.7 Å². The number of hydrogen-bond acceptors (Lipinski definition) is 2. The Bertz CT molecular complexity index is 22.8. The zero-order valence-electron chi connectivity index (χ0n) is 3.18. The molecule has 0 rings (SSSR count). The fourth-order valence-corrected chi connectivity index (χ4v) is 0. The molecule has 1 unspecified atom stereocenters. The molecule has 0 aromatic heterocycles. The van der Waals surface area contributed by atoms with Crippen molar-refractivity contribution in [1.29, 1.82) is 0 Å². The first-order valence-electron chi connectivity index (χ1n) is 1.56. The molecule has 0 saturated carbocycles. The fraction of sp³-hybridized carbons (Fsp3) is 1.00. The summed E-state index contributed by atoms with van der Waals surface area (Å²) in [6, 6.07) is 0. The van der Waals surface area contributed by atoms with Crippen LogP contribution in [-0.4, -0.2) is 33.9 Å². The van der Waals surface area contributed by atoms with E-state index in [0.29, 0.717) is 0 Å². The highest BCUT2D eigenvalue weighted by molar-refractivity contribution is 5.75. The van der Waals surface area contributed by atoms with Crippen molar-refractivity contribution in [1.82, 2.24) is 0 Å². The Morgan fingerprint density at radius 3 is 1.83 bits per heavy atom. The molecule has 0 saturated heterocycles. The molecule has 0 aliphatic heterocycles. The van der Waals surface area contributed by atoms with Gasteiger partial charge in [0.1, 0.15) is 0 Å². The monoisotopic (exact) mass is 108 g/mol.